The average Bonchev–Trinajstić information content (AvgIpc) is 2.29. The van der Waals surface area contributed by atoms with Crippen LogP contribution in [0.4, 0.5) is 0 Å². The van der Waals surface area contributed by atoms with Gasteiger partial charge in [-0.1, -0.05) is 6.92 Å². The fraction of sp³-hybridized carbons (Fsp3) is 1.00. The van der Waals surface area contributed by atoms with Crippen molar-refractivity contribution in [1.82, 2.24) is 13.9 Å². The number of nitrogens with two attached hydrogens (primary N) is 1. The summed E-state index contributed by atoms with van der Waals surface area (Å²) in [6.45, 7) is 4.92. The van der Waals surface area contributed by atoms with Gasteiger partial charge in [0.1, 0.15) is 0 Å². The van der Waals surface area contributed by atoms with E-state index in [-0.39, 0.29) is 6.04 Å². The van der Waals surface area contributed by atoms with Gasteiger partial charge in [-0.25, -0.2) is 0 Å². The molecule has 0 saturated carbocycles. The molecule has 18 heavy (non-hydrogen) atoms. The quantitative estimate of drug-likeness (QED) is 0.683. The van der Waals surface area contributed by atoms with E-state index in [1.54, 1.807) is 7.05 Å². The average molecular weight is 278 g/mol. The van der Waals surface area contributed by atoms with Gasteiger partial charge in [0.05, 0.1) is 0 Å². The predicted molar refractivity (Wildman–Crippen MR) is 73.4 cm³/mol. The van der Waals surface area contributed by atoms with Gasteiger partial charge in [0, 0.05) is 26.2 Å². The lowest BCUT2D eigenvalue weighted by molar-refractivity contribution is 0.187. The third kappa shape index (κ3) is 4.47. The maximum Gasteiger partial charge on any atom is 0.279 e. The minimum Gasteiger partial charge on any atom is -0.330 e. The summed E-state index contributed by atoms with van der Waals surface area (Å²) in [5.74, 6) is 0.335. The second-order valence-electron chi connectivity index (χ2n) is 5.22. The maximum absolute atomic E-state index is 12.1. The highest BCUT2D eigenvalue weighted by Crippen LogP contribution is 2.16. The van der Waals surface area contributed by atoms with Crippen LogP contribution in [0.15, 0.2) is 0 Å². The zero-order valence-corrected chi connectivity index (χ0v) is 12.4. The lowest BCUT2D eigenvalue weighted by Crippen LogP contribution is -2.52. The van der Waals surface area contributed by atoms with Gasteiger partial charge in [0.25, 0.3) is 10.2 Å². The maximum atomic E-state index is 12.1. The molecule has 108 valence electrons. The largest absolute Gasteiger partial charge is 0.330 e. The number of hydrogen-bond acceptors (Lipinski definition) is 4. The van der Waals surface area contributed by atoms with Crippen LogP contribution in [0.5, 0.6) is 0 Å². The van der Waals surface area contributed by atoms with Crippen LogP contribution in [-0.4, -0.2) is 63.9 Å². The van der Waals surface area contributed by atoms with Crippen molar-refractivity contribution in [2.24, 2.45) is 11.7 Å². The van der Waals surface area contributed by atoms with E-state index >= 15 is 0 Å². The molecule has 1 fully saturated rings. The summed E-state index contributed by atoms with van der Waals surface area (Å²) in [6.07, 6.45) is 1.54. The van der Waals surface area contributed by atoms with Crippen molar-refractivity contribution in [3.8, 4) is 0 Å². The van der Waals surface area contributed by atoms with Crippen LogP contribution in [0.3, 0.4) is 0 Å². The Hall–Kier alpha value is -0.210. The fourth-order valence-electron chi connectivity index (χ4n) is 2.24. The van der Waals surface area contributed by atoms with Gasteiger partial charge in [-0.05, 0) is 38.9 Å². The summed E-state index contributed by atoms with van der Waals surface area (Å²) >= 11 is 0. The standard InChI is InChI=1S/C11H26N4O2S/c1-10-9-14(2)8-5-11(10)13-18(16,17)15(3)7-4-6-12/h10-11,13H,4-9,12H2,1-3H3. The number of likely N-dealkylation sites (tertiary alicyclic amines) is 1. The molecular weight excluding hydrogens is 252 g/mol. The molecule has 1 aliphatic rings. The van der Waals surface area contributed by atoms with Crippen molar-refractivity contribution in [2.45, 2.75) is 25.8 Å². The van der Waals surface area contributed by atoms with Crippen LogP contribution >= 0.6 is 0 Å². The zero-order valence-electron chi connectivity index (χ0n) is 11.6. The van der Waals surface area contributed by atoms with Gasteiger partial charge in [0.2, 0.25) is 0 Å². The molecule has 2 unspecified atom stereocenters. The zero-order chi connectivity index (χ0) is 13.8. The van der Waals surface area contributed by atoms with E-state index in [2.05, 4.69) is 23.6 Å². The monoisotopic (exact) mass is 278 g/mol. The van der Waals surface area contributed by atoms with Crippen LogP contribution < -0.4 is 10.5 Å². The van der Waals surface area contributed by atoms with Crippen molar-refractivity contribution < 1.29 is 8.42 Å². The third-order valence-electron chi connectivity index (χ3n) is 3.50. The molecule has 1 heterocycles. The van der Waals surface area contributed by atoms with Crippen molar-refractivity contribution in [1.29, 1.82) is 0 Å². The number of nitrogens with zero attached hydrogens (tertiary/aromatic N) is 2. The fourth-order valence-corrected chi connectivity index (χ4v) is 3.53. The van der Waals surface area contributed by atoms with E-state index in [1.165, 1.54) is 4.31 Å². The van der Waals surface area contributed by atoms with E-state index in [1.807, 2.05) is 0 Å². The summed E-state index contributed by atoms with van der Waals surface area (Å²) < 4.78 is 28.3. The van der Waals surface area contributed by atoms with Gasteiger partial charge in [0.15, 0.2) is 0 Å². The number of rotatable bonds is 6. The lowest BCUT2D eigenvalue weighted by Gasteiger charge is -2.35. The number of hydrogen-bond donors (Lipinski definition) is 2. The summed E-state index contributed by atoms with van der Waals surface area (Å²) in [5.41, 5.74) is 5.39. The molecule has 7 heteroatoms. The molecule has 0 radical (unpaired) electrons. The van der Waals surface area contributed by atoms with Gasteiger partial charge >= 0.3 is 0 Å². The molecule has 0 aromatic heterocycles. The molecule has 0 amide bonds. The summed E-state index contributed by atoms with van der Waals surface area (Å²) in [4.78, 5) is 2.23. The molecule has 1 aliphatic heterocycles. The third-order valence-corrected chi connectivity index (χ3v) is 5.10. The highest BCUT2D eigenvalue weighted by atomic mass is 32.2. The smallest absolute Gasteiger partial charge is 0.279 e. The Morgan fingerprint density at radius 3 is 2.72 bits per heavy atom. The van der Waals surface area contributed by atoms with Crippen LogP contribution in [0.2, 0.25) is 0 Å². The highest BCUT2D eigenvalue weighted by Gasteiger charge is 2.29. The number of piperidine rings is 1. The summed E-state index contributed by atoms with van der Waals surface area (Å²) in [7, 11) is 0.286. The lowest BCUT2D eigenvalue weighted by atomic mass is 9.95. The molecule has 6 nitrogen and oxygen atoms in total. The van der Waals surface area contributed by atoms with Gasteiger partial charge in [-0.2, -0.15) is 17.4 Å². The van der Waals surface area contributed by atoms with Crippen molar-refractivity contribution >= 4 is 10.2 Å². The Kier molecular flexibility index (Phi) is 6.00. The molecule has 1 saturated heterocycles. The van der Waals surface area contributed by atoms with Gasteiger partial charge in [-0.15, -0.1) is 0 Å². The second-order valence-corrected chi connectivity index (χ2v) is 7.03. The molecule has 0 aromatic carbocycles. The normalized spacial score (nSPS) is 26.7. The van der Waals surface area contributed by atoms with E-state index in [0.717, 1.165) is 19.5 Å². The Labute approximate surface area is 111 Å². The summed E-state index contributed by atoms with van der Waals surface area (Å²) in [6, 6.07) is 0.0338. The molecule has 1 rings (SSSR count). The molecule has 0 aliphatic carbocycles. The van der Waals surface area contributed by atoms with E-state index in [0.29, 0.717) is 25.4 Å². The van der Waals surface area contributed by atoms with Crippen LogP contribution in [0, 0.1) is 5.92 Å². The van der Waals surface area contributed by atoms with Crippen molar-refractivity contribution in [3.63, 3.8) is 0 Å². The first-order chi connectivity index (χ1) is 8.36. The predicted octanol–water partition coefficient (Wildman–Crippen LogP) is -0.558. The molecular formula is C11H26N4O2S. The molecule has 0 aromatic rings. The SMILES string of the molecule is CC1CN(C)CCC1NS(=O)(=O)N(C)CCCN. The van der Waals surface area contributed by atoms with E-state index in [4.69, 9.17) is 5.73 Å². The molecule has 0 bridgehead atoms. The van der Waals surface area contributed by atoms with Gasteiger partial charge in [-0.3, -0.25) is 0 Å². The Morgan fingerprint density at radius 2 is 2.17 bits per heavy atom. The second kappa shape index (κ2) is 6.81. The molecule has 0 spiro atoms. The minimum atomic E-state index is -3.37. The first-order valence-corrected chi connectivity index (χ1v) is 7.93. The summed E-state index contributed by atoms with van der Waals surface area (Å²) in [5, 5.41) is 0. The first-order valence-electron chi connectivity index (χ1n) is 6.49. The van der Waals surface area contributed by atoms with Crippen molar-refractivity contribution in [3.05, 3.63) is 0 Å². The minimum absolute atomic E-state index is 0.0338. The topological polar surface area (TPSA) is 78.7 Å². The van der Waals surface area contributed by atoms with Gasteiger partial charge < -0.3 is 10.6 Å². The van der Waals surface area contributed by atoms with Crippen LogP contribution in [0.25, 0.3) is 0 Å². The van der Waals surface area contributed by atoms with Crippen molar-refractivity contribution in [2.75, 3.05) is 40.3 Å². The Balaban J connectivity index is 2.54. The van der Waals surface area contributed by atoms with E-state index < -0.39 is 10.2 Å². The highest BCUT2D eigenvalue weighted by molar-refractivity contribution is 7.87. The Bertz CT molecular complexity index is 347. The molecule has 2 atom stereocenters. The molecule has 3 N–H and O–H groups in total. The van der Waals surface area contributed by atoms with E-state index in [9.17, 15) is 8.42 Å². The number of nitrogens with one attached hydrogen (secondary N) is 1. The van der Waals surface area contributed by atoms with Crippen LogP contribution in [0.1, 0.15) is 19.8 Å². The van der Waals surface area contributed by atoms with Crippen LogP contribution in [-0.2, 0) is 10.2 Å². The first kappa shape index (κ1) is 15.8. The Morgan fingerprint density at radius 1 is 1.50 bits per heavy atom.